The van der Waals surface area contributed by atoms with E-state index in [9.17, 15) is 4.79 Å². The molecule has 2 heterocycles. The van der Waals surface area contributed by atoms with E-state index in [1.165, 1.54) is 7.11 Å². The van der Waals surface area contributed by atoms with Crippen LogP contribution in [0.4, 0.5) is 0 Å². The summed E-state index contributed by atoms with van der Waals surface area (Å²) >= 11 is 0. The Hall–Kier alpha value is -2.69. The summed E-state index contributed by atoms with van der Waals surface area (Å²) in [6.07, 6.45) is 4.88. The number of aromatic nitrogens is 3. The molecule has 0 bridgehead atoms. The minimum absolute atomic E-state index is 0.348. The summed E-state index contributed by atoms with van der Waals surface area (Å²) in [6, 6.07) is 9.86. The highest BCUT2D eigenvalue weighted by Crippen LogP contribution is 2.22. The van der Waals surface area contributed by atoms with Crippen LogP contribution in [0, 0.1) is 0 Å². The van der Waals surface area contributed by atoms with E-state index < -0.39 is 0 Å². The molecule has 0 saturated carbocycles. The molecule has 0 fully saturated rings. The van der Waals surface area contributed by atoms with Crippen LogP contribution in [0.1, 0.15) is 35.0 Å². The van der Waals surface area contributed by atoms with E-state index in [4.69, 9.17) is 9.84 Å². The minimum atomic E-state index is -0.348. The van der Waals surface area contributed by atoms with Crippen molar-refractivity contribution in [1.29, 1.82) is 0 Å². The fraction of sp³-hybridized carbons (Fsp3) is 0.278. The summed E-state index contributed by atoms with van der Waals surface area (Å²) in [5.74, 6) is -0.348. The number of hydrogen-bond acceptors (Lipinski definition) is 4. The topological polar surface area (TPSA) is 57.0 Å². The molecule has 23 heavy (non-hydrogen) atoms. The molecule has 2 aromatic heterocycles. The Morgan fingerprint density at radius 2 is 2.09 bits per heavy atom. The first-order valence-electron chi connectivity index (χ1n) is 7.70. The van der Waals surface area contributed by atoms with Gasteiger partial charge in [-0.2, -0.15) is 5.10 Å². The van der Waals surface area contributed by atoms with Gasteiger partial charge >= 0.3 is 5.97 Å². The van der Waals surface area contributed by atoms with E-state index in [2.05, 4.69) is 24.0 Å². The fourth-order valence-corrected chi connectivity index (χ4v) is 2.77. The number of carbonyl (C=O) groups is 1. The third-order valence-electron chi connectivity index (χ3n) is 3.84. The van der Waals surface area contributed by atoms with E-state index in [0.29, 0.717) is 12.0 Å². The van der Waals surface area contributed by atoms with Crippen LogP contribution in [0.5, 0.6) is 0 Å². The summed E-state index contributed by atoms with van der Waals surface area (Å²) in [7, 11) is 1.39. The number of fused-ring (bicyclic) bond motifs is 1. The predicted octanol–water partition coefficient (Wildman–Crippen LogP) is 3.22. The average molecular weight is 309 g/mol. The van der Waals surface area contributed by atoms with Crippen molar-refractivity contribution >= 4 is 16.9 Å². The summed E-state index contributed by atoms with van der Waals surface area (Å²) in [5, 5.41) is 5.85. The second kappa shape index (κ2) is 6.60. The van der Waals surface area contributed by atoms with Crippen LogP contribution in [0.2, 0.25) is 0 Å². The lowest BCUT2D eigenvalue weighted by Crippen LogP contribution is -2.07. The maximum atomic E-state index is 11.9. The number of nitrogens with zero attached hydrogens (tertiary/aromatic N) is 3. The van der Waals surface area contributed by atoms with Gasteiger partial charge in [0, 0.05) is 30.7 Å². The van der Waals surface area contributed by atoms with Gasteiger partial charge in [0.25, 0.3) is 0 Å². The van der Waals surface area contributed by atoms with Crippen LogP contribution in [-0.4, -0.2) is 27.8 Å². The summed E-state index contributed by atoms with van der Waals surface area (Å²) in [4.78, 5) is 16.1. The second-order valence-corrected chi connectivity index (χ2v) is 5.39. The molecule has 0 atom stereocenters. The third kappa shape index (κ3) is 2.95. The van der Waals surface area contributed by atoms with Crippen LogP contribution in [-0.2, 0) is 17.7 Å². The van der Waals surface area contributed by atoms with Gasteiger partial charge in [0.05, 0.1) is 23.9 Å². The van der Waals surface area contributed by atoms with Gasteiger partial charge in [0.1, 0.15) is 0 Å². The van der Waals surface area contributed by atoms with Gasteiger partial charge in [-0.1, -0.05) is 25.1 Å². The lowest BCUT2D eigenvalue weighted by atomic mass is 10.0. The molecule has 0 aliphatic rings. The second-order valence-electron chi connectivity index (χ2n) is 5.39. The molecule has 0 N–H and O–H groups in total. The Morgan fingerprint density at radius 1 is 1.26 bits per heavy atom. The molecule has 1 aromatic carbocycles. The number of esters is 1. The Kier molecular flexibility index (Phi) is 4.37. The molecule has 0 spiro atoms. The molecular formula is C18H19N3O2. The molecule has 0 amide bonds. The van der Waals surface area contributed by atoms with Crippen molar-refractivity contribution < 1.29 is 9.53 Å². The van der Waals surface area contributed by atoms with E-state index in [1.807, 2.05) is 16.8 Å². The number of rotatable bonds is 5. The number of pyridine rings is 1. The smallest absolute Gasteiger partial charge is 0.338 e. The van der Waals surface area contributed by atoms with Crippen LogP contribution in [0.15, 0.2) is 42.7 Å². The zero-order valence-electron chi connectivity index (χ0n) is 13.3. The first-order valence-corrected chi connectivity index (χ1v) is 7.70. The first kappa shape index (κ1) is 15.2. The molecule has 0 saturated heterocycles. The Labute approximate surface area is 134 Å². The number of carbonyl (C=O) groups excluding carboxylic acids is 1. The van der Waals surface area contributed by atoms with Crippen LogP contribution in [0.3, 0.4) is 0 Å². The Balaban J connectivity index is 2.04. The van der Waals surface area contributed by atoms with E-state index in [1.54, 1.807) is 18.5 Å². The Bertz CT molecular complexity index is 839. The molecular weight excluding hydrogens is 290 g/mol. The van der Waals surface area contributed by atoms with Crippen molar-refractivity contribution in [2.45, 2.75) is 26.3 Å². The third-order valence-corrected chi connectivity index (χ3v) is 3.84. The standard InChI is InChI=1S/C18H19N3O2/c1-3-10-21-17-7-5-4-6-15(17)16(20-21)11-13-12-19-9-8-14(13)18(22)23-2/h4-9,12H,3,10-11H2,1-2H3. The minimum Gasteiger partial charge on any atom is -0.465 e. The summed E-state index contributed by atoms with van der Waals surface area (Å²) in [5.41, 5.74) is 3.43. The maximum Gasteiger partial charge on any atom is 0.338 e. The average Bonchev–Trinajstić information content (AvgIpc) is 2.93. The quantitative estimate of drug-likeness (QED) is 0.679. The van der Waals surface area contributed by atoms with Crippen molar-refractivity contribution in [3.05, 3.63) is 59.5 Å². The normalized spacial score (nSPS) is 10.9. The number of methoxy groups -OCH3 is 1. The van der Waals surface area contributed by atoms with Crippen molar-refractivity contribution in [2.75, 3.05) is 7.11 Å². The number of aryl methyl sites for hydroxylation is 1. The highest BCUT2D eigenvalue weighted by Gasteiger charge is 2.16. The molecule has 0 unspecified atom stereocenters. The number of hydrogen-bond donors (Lipinski definition) is 0. The van der Waals surface area contributed by atoms with E-state index >= 15 is 0 Å². The maximum absolute atomic E-state index is 11.9. The molecule has 5 heteroatoms. The van der Waals surface area contributed by atoms with E-state index in [0.717, 1.165) is 35.1 Å². The molecule has 3 aromatic rings. The summed E-state index contributed by atoms with van der Waals surface area (Å²) < 4.78 is 6.88. The molecule has 5 nitrogen and oxygen atoms in total. The van der Waals surface area contributed by atoms with Crippen LogP contribution in [0.25, 0.3) is 10.9 Å². The molecule has 0 radical (unpaired) electrons. The van der Waals surface area contributed by atoms with Crippen LogP contribution < -0.4 is 0 Å². The zero-order chi connectivity index (χ0) is 16.2. The highest BCUT2D eigenvalue weighted by atomic mass is 16.5. The molecule has 118 valence electrons. The largest absolute Gasteiger partial charge is 0.465 e. The SMILES string of the molecule is CCCn1nc(Cc2cnccc2C(=O)OC)c2ccccc21. The number of ether oxygens (including phenoxy) is 1. The lowest BCUT2D eigenvalue weighted by Gasteiger charge is -2.05. The first-order chi connectivity index (χ1) is 11.2. The Morgan fingerprint density at radius 3 is 2.87 bits per heavy atom. The van der Waals surface area contributed by atoms with Crippen molar-refractivity contribution in [2.24, 2.45) is 0 Å². The molecule has 0 aliphatic carbocycles. The van der Waals surface area contributed by atoms with Gasteiger partial charge in [-0.15, -0.1) is 0 Å². The van der Waals surface area contributed by atoms with Gasteiger partial charge in [-0.25, -0.2) is 4.79 Å². The van der Waals surface area contributed by atoms with Crippen molar-refractivity contribution in [3.63, 3.8) is 0 Å². The van der Waals surface area contributed by atoms with Gasteiger partial charge < -0.3 is 4.74 Å². The van der Waals surface area contributed by atoms with Crippen molar-refractivity contribution in [3.8, 4) is 0 Å². The van der Waals surface area contributed by atoms with E-state index in [-0.39, 0.29) is 5.97 Å². The molecule has 3 rings (SSSR count). The fourth-order valence-electron chi connectivity index (χ4n) is 2.77. The van der Waals surface area contributed by atoms with Gasteiger partial charge in [-0.05, 0) is 24.1 Å². The number of benzene rings is 1. The van der Waals surface area contributed by atoms with Gasteiger partial charge in [-0.3, -0.25) is 9.67 Å². The lowest BCUT2D eigenvalue weighted by molar-refractivity contribution is 0.0599. The van der Waals surface area contributed by atoms with Gasteiger partial charge in [0.2, 0.25) is 0 Å². The van der Waals surface area contributed by atoms with Crippen LogP contribution >= 0.6 is 0 Å². The summed E-state index contributed by atoms with van der Waals surface area (Å²) in [6.45, 7) is 3.00. The van der Waals surface area contributed by atoms with Gasteiger partial charge in [0.15, 0.2) is 0 Å². The number of para-hydroxylation sites is 1. The molecule has 0 aliphatic heterocycles. The zero-order valence-corrected chi connectivity index (χ0v) is 13.3. The predicted molar refractivity (Wildman–Crippen MR) is 88.4 cm³/mol. The monoisotopic (exact) mass is 309 g/mol. The highest BCUT2D eigenvalue weighted by molar-refractivity contribution is 5.91. The van der Waals surface area contributed by atoms with Crippen molar-refractivity contribution in [1.82, 2.24) is 14.8 Å².